The summed E-state index contributed by atoms with van der Waals surface area (Å²) in [5.74, 6) is 5.04. The monoisotopic (exact) mass is 1080 g/mol. The van der Waals surface area contributed by atoms with Crippen molar-refractivity contribution in [2.24, 2.45) is 0 Å². The van der Waals surface area contributed by atoms with Gasteiger partial charge in [0.2, 0.25) is 0 Å². The van der Waals surface area contributed by atoms with Crippen molar-refractivity contribution in [1.29, 1.82) is 0 Å². The predicted molar refractivity (Wildman–Crippen MR) is 339 cm³/mol. The smallest absolute Gasteiger partial charge is 0.129 e. The Bertz CT molecular complexity index is 2900. The third-order valence-corrected chi connectivity index (χ3v) is 16.1. The van der Waals surface area contributed by atoms with Crippen LogP contribution >= 0.6 is 0 Å². The molecule has 7 rings (SSSR count). The highest BCUT2D eigenvalue weighted by Crippen LogP contribution is 2.45. The molecule has 0 unspecified atom stereocenters. The molecule has 0 N–H and O–H groups in total. The van der Waals surface area contributed by atoms with Crippen molar-refractivity contribution >= 4 is 24.3 Å². The lowest BCUT2D eigenvalue weighted by Crippen LogP contribution is -2.15. The molecule has 6 aromatic rings. The number of hydrogen-bond acceptors (Lipinski definition) is 6. The van der Waals surface area contributed by atoms with Gasteiger partial charge in [0.25, 0.3) is 0 Å². The van der Waals surface area contributed by atoms with Crippen LogP contribution < -0.4 is 28.4 Å². The molecule has 0 saturated heterocycles. The first kappa shape index (κ1) is 61.2. The molecule has 1 aliphatic rings. The molecule has 1 aliphatic carbocycles. The van der Waals surface area contributed by atoms with Crippen molar-refractivity contribution in [3.8, 4) is 34.5 Å². The second kappa shape index (κ2) is 22.9. The maximum absolute atomic E-state index is 6.60. The molecule has 0 amide bonds. The summed E-state index contributed by atoms with van der Waals surface area (Å²) in [5, 5.41) is 0. The molecule has 6 aromatic carbocycles. The number of hydrogen-bond donors (Lipinski definition) is 0. The van der Waals surface area contributed by atoms with E-state index in [4.69, 9.17) is 28.4 Å². The summed E-state index contributed by atoms with van der Waals surface area (Å²) >= 11 is 0. The van der Waals surface area contributed by atoms with E-state index >= 15 is 0 Å². The van der Waals surface area contributed by atoms with Crippen molar-refractivity contribution in [2.75, 3.05) is 42.7 Å². The van der Waals surface area contributed by atoms with Gasteiger partial charge in [-0.25, -0.2) is 0 Å². The lowest BCUT2D eigenvalue weighted by Gasteiger charge is -2.27. The maximum atomic E-state index is 6.60. The highest BCUT2D eigenvalue weighted by Gasteiger charge is 2.29. The highest BCUT2D eigenvalue weighted by atomic mass is 16.5. The fourth-order valence-corrected chi connectivity index (χ4v) is 11.2. The number of ether oxygens (including phenoxy) is 6. The minimum Gasteiger partial charge on any atom is -0.496 e. The average Bonchev–Trinajstić information content (AvgIpc) is 3.40. The average molecular weight is 1080 g/mol. The minimum absolute atomic E-state index is 0.159. The zero-order valence-electron chi connectivity index (χ0n) is 53.5. The van der Waals surface area contributed by atoms with Gasteiger partial charge < -0.3 is 28.4 Å². The Morgan fingerprint density at radius 1 is 0.212 bits per heavy atom. The van der Waals surface area contributed by atoms with Crippen molar-refractivity contribution in [3.63, 3.8) is 0 Å². The molecule has 12 bridgehead atoms. The van der Waals surface area contributed by atoms with Crippen molar-refractivity contribution in [3.05, 3.63) is 173 Å². The third kappa shape index (κ3) is 13.3. The first-order valence-corrected chi connectivity index (χ1v) is 28.8. The van der Waals surface area contributed by atoms with E-state index in [1.54, 1.807) is 28.4 Å². The van der Waals surface area contributed by atoms with Crippen LogP contribution in [0.4, 0.5) is 0 Å². The molecule has 0 radical (unpaired) electrons. The molecule has 0 spiro atoms. The second-order valence-corrected chi connectivity index (χ2v) is 28.6. The van der Waals surface area contributed by atoms with Gasteiger partial charge in [-0.2, -0.15) is 0 Å². The van der Waals surface area contributed by atoms with Crippen molar-refractivity contribution in [1.82, 2.24) is 0 Å². The SMILES string of the molecule is COc1c2cc(C(C)(C)C)cc1Cc1cc(C(C)(C)C)cc(c1OC)Cc1cc(C(C)(C)C)cc(c1OC)/C=C\c1cc(C(C)(C)C)cc(c1OC)Cc1cc(C(C)(C)C)cc(c1OC)Cc1cc(C(C)(C)C)cc(c1OC)/C=C\2. The Balaban J connectivity index is 1.64. The molecule has 0 atom stereocenters. The fraction of sp³-hybridized carbons (Fsp3) is 0.459. The van der Waals surface area contributed by atoms with Gasteiger partial charge in [-0.05, 0) is 135 Å². The van der Waals surface area contributed by atoms with Gasteiger partial charge in [-0.15, -0.1) is 0 Å². The van der Waals surface area contributed by atoms with Gasteiger partial charge in [0, 0.05) is 47.9 Å². The van der Waals surface area contributed by atoms with E-state index in [-0.39, 0.29) is 32.5 Å². The molecule has 0 heterocycles. The molecular weight excluding hydrogens is 985 g/mol. The largest absolute Gasteiger partial charge is 0.496 e. The van der Waals surface area contributed by atoms with E-state index < -0.39 is 0 Å². The van der Waals surface area contributed by atoms with Crippen molar-refractivity contribution in [2.45, 2.75) is 183 Å². The van der Waals surface area contributed by atoms with E-state index in [0.717, 1.165) is 101 Å². The molecule has 0 saturated carbocycles. The van der Waals surface area contributed by atoms with Gasteiger partial charge in [0.15, 0.2) is 0 Å². The highest BCUT2D eigenvalue weighted by molar-refractivity contribution is 5.80. The summed E-state index contributed by atoms with van der Waals surface area (Å²) in [6.07, 6.45) is 11.2. The van der Waals surface area contributed by atoms with Crippen LogP contribution in [0.2, 0.25) is 0 Å². The number of fused-ring (bicyclic) bond motifs is 12. The molecule has 0 fully saturated rings. The lowest BCUT2D eigenvalue weighted by atomic mass is 9.80. The molecule has 6 heteroatoms. The third-order valence-electron chi connectivity index (χ3n) is 16.1. The minimum atomic E-state index is -0.161. The van der Waals surface area contributed by atoms with Gasteiger partial charge in [0.1, 0.15) is 34.5 Å². The van der Waals surface area contributed by atoms with Crippen LogP contribution in [0.25, 0.3) is 24.3 Å². The quantitative estimate of drug-likeness (QED) is 0.165. The first-order chi connectivity index (χ1) is 37.1. The van der Waals surface area contributed by atoms with Crippen molar-refractivity contribution < 1.29 is 28.4 Å². The topological polar surface area (TPSA) is 55.4 Å². The molecular formula is C74H96O6. The lowest BCUT2D eigenvalue weighted by molar-refractivity contribution is 0.399. The first-order valence-electron chi connectivity index (χ1n) is 28.8. The molecule has 0 aliphatic heterocycles. The van der Waals surface area contributed by atoms with E-state index in [1.807, 2.05) is 14.2 Å². The maximum Gasteiger partial charge on any atom is 0.129 e. The standard InChI is InChI=1S/C74H96O6/c1-69(2,3)57-33-45-25-26-46-34-58(70(4,5)6)38-50(64(46)76-20)31-55-43-62(74(16,17)18)44-56(68(55)80-24)32-52-40-60(72(10,11)12)36-48(66(52)78-22)28-27-47-35-59(71(7,8)9)39-51(65(47)77-21)30-54-42-61(73(13,14)15)41-53(67(54)79-23)29-49(37-57)63(45)75-19/h25-28,33-44H,29-32H2,1-24H3/b26-25-,28-27-. The number of methoxy groups -OCH3 is 6. The summed E-state index contributed by atoms with van der Waals surface area (Å²) in [6, 6.07) is 27.9. The summed E-state index contributed by atoms with van der Waals surface area (Å²) < 4.78 is 39.3. The van der Waals surface area contributed by atoms with Crippen LogP contribution in [0, 0.1) is 0 Å². The van der Waals surface area contributed by atoms with Gasteiger partial charge >= 0.3 is 0 Å². The Morgan fingerprint density at radius 2 is 0.350 bits per heavy atom. The van der Waals surface area contributed by atoms with Gasteiger partial charge in [-0.3, -0.25) is 0 Å². The van der Waals surface area contributed by atoms with E-state index in [9.17, 15) is 0 Å². The Morgan fingerprint density at radius 3 is 0.487 bits per heavy atom. The Kier molecular flexibility index (Phi) is 17.5. The van der Waals surface area contributed by atoms with E-state index in [1.165, 1.54) is 33.4 Å². The number of benzene rings is 6. The second-order valence-electron chi connectivity index (χ2n) is 28.6. The van der Waals surface area contributed by atoms with Crippen LogP contribution in [0.15, 0.2) is 72.8 Å². The predicted octanol–water partition coefficient (Wildman–Crippen LogP) is 18.5. The van der Waals surface area contributed by atoms with Gasteiger partial charge in [0.05, 0.1) is 42.7 Å². The zero-order valence-corrected chi connectivity index (χ0v) is 53.5. The summed E-state index contributed by atoms with van der Waals surface area (Å²) in [6.45, 7) is 41.1. The molecule has 6 nitrogen and oxygen atoms in total. The zero-order chi connectivity index (χ0) is 59.2. The summed E-state index contributed by atoms with van der Waals surface area (Å²) in [7, 11) is 10.8. The van der Waals surface area contributed by atoms with Crippen LogP contribution in [-0.2, 0) is 58.2 Å². The van der Waals surface area contributed by atoms with Crippen LogP contribution in [-0.4, -0.2) is 42.7 Å². The van der Waals surface area contributed by atoms with Crippen LogP contribution in [0.1, 0.15) is 225 Å². The Hall–Kier alpha value is -6.40. The Labute approximate surface area is 483 Å². The summed E-state index contributed by atoms with van der Waals surface area (Å²) in [5.41, 5.74) is 19.1. The fourth-order valence-electron chi connectivity index (χ4n) is 11.2. The van der Waals surface area contributed by atoms with Crippen LogP contribution in [0.3, 0.4) is 0 Å². The van der Waals surface area contributed by atoms with Crippen LogP contribution in [0.5, 0.6) is 34.5 Å². The summed E-state index contributed by atoms with van der Waals surface area (Å²) in [4.78, 5) is 0. The van der Waals surface area contributed by atoms with E-state index in [0.29, 0.717) is 25.7 Å². The molecule has 80 heavy (non-hydrogen) atoms. The molecule has 0 aromatic heterocycles. The van der Waals surface area contributed by atoms with Gasteiger partial charge in [-0.1, -0.05) is 197 Å². The van der Waals surface area contributed by atoms with E-state index in [2.05, 4.69) is 222 Å². The normalized spacial score (nSPS) is 14.5. The molecule has 428 valence electrons. The number of rotatable bonds is 6.